The predicted octanol–water partition coefficient (Wildman–Crippen LogP) is 5.40. The monoisotopic (exact) mass is 448 g/mol. The van der Waals surface area contributed by atoms with Crippen LogP contribution >= 0.6 is 11.6 Å². The summed E-state index contributed by atoms with van der Waals surface area (Å²) in [4.78, 5) is 32.0. The van der Waals surface area contributed by atoms with Crippen LogP contribution in [0.15, 0.2) is 48.5 Å². The van der Waals surface area contributed by atoms with Crippen LogP contribution in [-0.2, 0) is 16.0 Å². The molecular weight excluding hydrogens is 424 g/mol. The number of rotatable bonds is 6. The van der Waals surface area contributed by atoms with Gasteiger partial charge in [0.15, 0.2) is 6.61 Å². The van der Waals surface area contributed by atoms with Crippen LogP contribution in [0.3, 0.4) is 0 Å². The molecule has 0 N–H and O–H groups in total. The van der Waals surface area contributed by atoms with Crippen LogP contribution in [0.2, 0.25) is 5.02 Å². The average molecular weight is 449 g/mol. The number of esters is 1. The zero-order chi connectivity index (χ0) is 22.7. The van der Waals surface area contributed by atoms with Crippen molar-refractivity contribution in [3.05, 3.63) is 75.9 Å². The molecule has 1 aliphatic carbocycles. The molecule has 2 aromatic carbocycles. The van der Waals surface area contributed by atoms with Gasteiger partial charge in [0.05, 0.1) is 16.8 Å². The first-order valence-electron chi connectivity index (χ1n) is 10.8. The molecule has 0 radical (unpaired) electrons. The molecule has 0 spiro atoms. The van der Waals surface area contributed by atoms with Gasteiger partial charge < -0.3 is 9.64 Å². The molecule has 3 aromatic rings. The third-order valence-corrected chi connectivity index (χ3v) is 6.05. The van der Waals surface area contributed by atoms with Crippen molar-refractivity contribution in [1.82, 2.24) is 9.88 Å². The molecule has 1 heterocycles. The van der Waals surface area contributed by atoms with Crippen LogP contribution in [0.25, 0.3) is 22.6 Å². The fourth-order valence-electron chi connectivity index (χ4n) is 4.14. The summed E-state index contributed by atoms with van der Waals surface area (Å²) in [5.74, 6) is -0.672. The van der Waals surface area contributed by atoms with Crippen molar-refractivity contribution in [2.45, 2.75) is 26.7 Å². The van der Waals surface area contributed by atoms with Crippen LogP contribution in [0.1, 0.15) is 47.4 Å². The Morgan fingerprint density at radius 1 is 1.06 bits per heavy atom. The normalized spacial score (nSPS) is 13.9. The predicted molar refractivity (Wildman–Crippen MR) is 128 cm³/mol. The Hall–Kier alpha value is -3.18. The summed E-state index contributed by atoms with van der Waals surface area (Å²) in [6.07, 6.45) is 3.56. The zero-order valence-corrected chi connectivity index (χ0v) is 19.0. The second-order valence-electron chi connectivity index (χ2n) is 7.69. The smallest absolute Gasteiger partial charge is 0.339 e. The minimum atomic E-state index is -0.479. The first-order chi connectivity index (χ1) is 15.5. The number of likely N-dealkylation sites (N-methyl/N-ethyl adjacent to an activating group) is 1. The van der Waals surface area contributed by atoms with Gasteiger partial charge in [-0.05, 0) is 67.7 Å². The first kappa shape index (κ1) is 22.0. The fourth-order valence-corrected chi connectivity index (χ4v) is 4.27. The summed E-state index contributed by atoms with van der Waals surface area (Å²) >= 11 is 6.01. The van der Waals surface area contributed by atoms with Crippen molar-refractivity contribution in [2.75, 3.05) is 19.7 Å². The Morgan fingerprint density at radius 3 is 2.50 bits per heavy atom. The third kappa shape index (κ3) is 4.39. The number of halogens is 1. The van der Waals surface area contributed by atoms with Crippen LogP contribution in [0.4, 0.5) is 0 Å². The van der Waals surface area contributed by atoms with Gasteiger partial charge in [-0.25, -0.2) is 9.78 Å². The molecular formula is C26H25ClN2O3. The Morgan fingerprint density at radius 2 is 1.78 bits per heavy atom. The van der Waals surface area contributed by atoms with Crippen LogP contribution in [0, 0.1) is 0 Å². The molecule has 0 saturated heterocycles. The van der Waals surface area contributed by atoms with Gasteiger partial charge in [-0.2, -0.15) is 0 Å². The number of carbonyl (C=O) groups excluding carboxylic acids is 2. The van der Waals surface area contributed by atoms with Crippen LogP contribution in [0.5, 0.6) is 0 Å². The maximum atomic E-state index is 13.2. The van der Waals surface area contributed by atoms with Gasteiger partial charge in [-0.1, -0.05) is 41.9 Å². The van der Waals surface area contributed by atoms with E-state index in [-0.39, 0.29) is 12.5 Å². The second kappa shape index (κ2) is 9.53. The molecule has 1 aromatic heterocycles. The number of carbonyl (C=O) groups is 2. The summed E-state index contributed by atoms with van der Waals surface area (Å²) in [6, 6.07) is 15.2. The highest BCUT2D eigenvalue weighted by Gasteiger charge is 2.28. The fraction of sp³-hybridized carbons (Fsp3) is 0.269. The topological polar surface area (TPSA) is 59.5 Å². The number of amides is 1. The van der Waals surface area contributed by atoms with E-state index in [1.165, 1.54) is 0 Å². The maximum Gasteiger partial charge on any atom is 0.339 e. The molecule has 0 atom stereocenters. The van der Waals surface area contributed by atoms with E-state index in [2.05, 4.69) is 6.08 Å². The molecule has 164 valence electrons. The van der Waals surface area contributed by atoms with E-state index in [0.717, 1.165) is 39.7 Å². The highest BCUT2D eigenvalue weighted by atomic mass is 35.5. The molecule has 0 fully saturated rings. The Balaban J connectivity index is 1.71. The van der Waals surface area contributed by atoms with Gasteiger partial charge >= 0.3 is 5.97 Å². The Labute approximate surface area is 192 Å². The van der Waals surface area contributed by atoms with Gasteiger partial charge in [0, 0.05) is 23.5 Å². The van der Waals surface area contributed by atoms with Gasteiger partial charge in [0.25, 0.3) is 5.91 Å². The number of hydrogen-bond donors (Lipinski definition) is 0. The highest BCUT2D eigenvalue weighted by Crippen LogP contribution is 2.37. The van der Waals surface area contributed by atoms with E-state index in [9.17, 15) is 9.59 Å². The quantitative estimate of drug-likeness (QED) is 0.474. The largest absolute Gasteiger partial charge is 0.452 e. The number of hydrogen-bond acceptors (Lipinski definition) is 4. The number of allylic oxidation sites excluding steroid dienone is 1. The van der Waals surface area contributed by atoms with Crippen molar-refractivity contribution in [2.24, 2.45) is 0 Å². The number of para-hydroxylation sites is 1. The molecule has 0 aliphatic heterocycles. The van der Waals surface area contributed by atoms with Gasteiger partial charge in [-0.3, -0.25) is 4.79 Å². The third-order valence-electron chi connectivity index (χ3n) is 5.80. The highest BCUT2D eigenvalue weighted by molar-refractivity contribution is 6.30. The van der Waals surface area contributed by atoms with E-state index < -0.39 is 5.97 Å². The van der Waals surface area contributed by atoms with E-state index in [1.807, 2.05) is 62.4 Å². The molecule has 0 unspecified atom stereocenters. The van der Waals surface area contributed by atoms with Crippen LogP contribution in [-0.4, -0.2) is 41.5 Å². The lowest BCUT2D eigenvalue weighted by molar-refractivity contribution is -0.134. The summed E-state index contributed by atoms with van der Waals surface area (Å²) in [5, 5.41) is 1.44. The van der Waals surface area contributed by atoms with Crippen molar-refractivity contribution >= 4 is 46.0 Å². The molecule has 4 rings (SSSR count). The lowest BCUT2D eigenvalue weighted by atomic mass is 10.0. The summed E-state index contributed by atoms with van der Waals surface area (Å²) in [5.41, 5.74) is 5.04. The van der Waals surface area contributed by atoms with E-state index >= 15 is 0 Å². The lowest BCUT2D eigenvalue weighted by Crippen LogP contribution is -2.34. The second-order valence-corrected chi connectivity index (χ2v) is 8.13. The van der Waals surface area contributed by atoms with Crippen molar-refractivity contribution in [3.8, 4) is 0 Å². The zero-order valence-electron chi connectivity index (χ0n) is 18.2. The molecule has 0 saturated carbocycles. The minimum Gasteiger partial charge on any atom is -0.452 e. The first-order valence-corrected chi connectivity index (χ1v) is 11.2. The molecule has 1 aliphatic rings. The Bertz CT molecular complexity index is 1200. The summed E-state index contributed by atoms with van der Waals surface area (Å²) in [7, 11) is 0. The van der Waals surface area contributed by atoms with E-state index in [1.54, 1.807) is 4.90 Å². The number of fused-ring (bicyclic) bond motifs is 2. The van der Waals surface area contributed by atoms with Gasteiger partial charge in [0.1, 0.15) is 0 Å². The van der Waals surface area contributed by atoms with Crippen molar-refractivity contribution < 1.29 is 14.3 Å². The molecule has 5 nitrogen and oxygen atoms in total. The van der Waals surface area contributed by atoms with Crippen molar-refractivity contribution in [1.29, 1.82) is 0 Å². The Kier molecular flexibility index (Phi) is 6.56. The van der Waals surface area contributed by atoms with Crippen molar-refractivity contribution in [3.63, 3.8) is 0 Å². The van der Waals surface area contributed by atoms with E-state index in [4.69, 9.17) is 21.3 Å². The van der Waals surface area contributed by atoms with Gasteiger partial charge in [-0.15, -0.1) is 0 Å². The van der Waals surface area contributed by atoms with E-state index in [0.29, 0.717) is 30.1 Å². The average Bonchev–Trinajstić information content (AvgIpc) is 3.20. The maximum absolute atomic E-state index is 13.2. The molecule has 6 heteroatoms. The van der Waals surface area contributed by atoms with Crippen LogP contribution < -0.4 is 0 Å². The SMILES string of the molecule is CCN(CC)C(=O)COC(=O)c1c2c(nc3ccccc13)/C(=C\c1ccc(Cl)cc1)CC2. The number of nitrogens with zero attached hydrogens (tertiary/aromatic N) is 2. The lowest BCUT2D eigenvalue weighted by Gasteiger charge is -2.18. The van der Waals surface area contributed by atoms with Gasteiger partial charge in [0.2, 0.25) is 0 Å². The molecule has 0 bridgehead atoms. The molecule has 32 heavy (non-hydrogen) atoms. The summed E-state index contributed by atoms with van der Waals surface area (Å²) in [6.45, 7) is 4.71. The summed E-state index contributed by atoms with van der Waals surface area (Å²) < 4.78 is 5.48. The number of pyridine rings is 1. The minimum absolute atomic E-state index is 0.193. The standard InChI is InChI=1S/C26H25ClN2O3/c1-3-29(4-2)23(30)16-32-26(31)24-20-7-5-6-8-22(20)28-25-18(11-14-21(24)25)15-17-9-12-19(27)13-10-17/h5-10,12-13,15H,3-4,11,14,16H2,1-2H3/b18-15-. The number of benzene rings is 2. The number of ether oxygens (including phenoxy) is 1. The number of aromatic nitrogens is 1. The molecule has 1 amide bonds.